The van der Waals surface area contributed by atoms with Crippen LogP contribution in [0.1, 0.15) is 40.5 Å². The van der Waals surface area contributed by atoms with Gasteiger partial charge < -0.3 is 10.6 Å². The molecule has 3 nitrogen and oxygen atoms in total. The molecule has 1 saturated heterocycles. The molecule has 0 spiro atoms. The number of carbonyl (C=O) groups is 1. The molecule has 1 atom stereocenters. The topological polar surface area (TPSA) is 41.1 Å². The first-order valence-electron chi connectivity index (χ1n) is 5.37. The van der Waals surface area contributed by atoms with Crippen molar-refractivity contribution in [1.82, 2.24) is 10.6 Å². The molecule has 1 rings (SSSR count). The molecule has 1 aliphatic rings. The Balaban J connectivity index is 2.58. The first kappa shape index (κ1) is 11.5. The Morgan fingerprint density at radius 3 is 2.50 bits per heavy atom. The fourth-order valence-electron chi connectivity index (χ4n) is 1.74. The zero-order chi connectivity index (χ0) is 10.8. The Morgan fingerprint density at radius 2 is 2.07 bits per heavy atom. The quantitative estimate of drug-likeness (QED) is 0.666. The van der Waals surface area contributed by atoms with E-state index in [1.165, 1.54) is 0 Å². The van der Waals surface area contributed by atoms with Crippen LogP contribution in [0, 0.1) is 5.41 Å². The molecule has 0 saturated carbocycles. The van der Waals surface area contributed by atoms with Crippen molar-refractivity contribution in [2.24, 2.45) is 5.41 Å². The molecule has 1 aliphatic heterocycles. The third kappa shape index (κ3) is 2.98. The number of piperidine rings is 1. The van der Waals surface area contributed by atoms with Crippen molar-refractivity contribution in [2.45, 2.75) is 46.1 Å². The minimum Gasteiger partial charge on any atom is -0.351 e. The third-order valence-corrected chi connectivity index (χ3v) is 2.63. The van der Waals surface area contributed by atoms with E-state index in [9.17, 15) is 4.79 Å². The van der Waals surface area contributed by atoms with Gasteiger partial charge in [0.2, 0.25) is 5.91 Å². The van der Waals surface area contributed by atoms with Gasteiger partial charge in [0.05, 0.1) is 5.41 Å². The fourth-order valence-corrected chi connectivity index (χ4v) is 1.74. The number of hydrogen-bond donors (Lipinski definition) is 2. The van der Waals surface area contributed by atoms with E-state index in [4.69, 9.17) is 0 Å². The van der Waals surface area contributed by atoms with Crippen molar-refractivity contribution in [3.8, 4) is 0 Å². The lowest BCUT2D eigenvalue weighted by atomic mass is 9.81. The SMILES string of the molecule is CC(C)(C)NC(=O)C1(C)CCCNC1. The Kier molecular flexibility index (Phi) is 3.20. The summed E-state index contributed by atoms with van der Waals surface area (Å²) < 4.78 is 0. The molecule has 1 fully saturated rings. The first-order valence-corrected chi connectivity index (χ1v) is 5.37. The maximum atomic E-state index is 12.0. The van der Waals surface area contributed by atoms with E-state index in [1.54, 1.807) is 0 Å². The molecule has 0 radical (unpaired) electrons. The van der Waals surface area contributed by atoms with Gasteiger partial charge in [0.1, 0.15) is 0 Å². The number of nitrogens with one attached hydrogen (secondary N) is 2. The normalized spacial score (nSPS) is 28.6. The maximum absolute atomic E-state index is 12.0. The van der Waals surface area contributed by atoms with E-state index in [2.05, 4.69) is 10.6 Å². The molecule has 3 heteroatoms. The van der Waals surface area contributed by atoms with Gasteiger partial charge in [-0.1, -0.05) is 0 Å². The smallest absolute Gasteiger partial charge is 0.227 e. The lowest BCUT2D eigenvalue weighted by Crippen LogP contribution is -2.53. The second kappa shape index (κ2) is 3.89. The molecule has 1 heterocycles. The summed E-state index contributed by atoms with van der Waals surface area (Å²) in [6.45, 7) is 9.94. The summed E-state index contributed by atoms with van der Waals surface area (Å²) in [6, 6.07) is 0. The zero-order valence-electron chi connectivity index (χ0n) is 9.74. The Bertz CT molecular complexity index is 212. The van der Waals surface area contributed by atoms with Gasteiger partial charge in [-0.05, 0) is 47.1 Å². The third-order valence-electron chi connectivity index (χ3n) is 2.63. The molecule has 0 aromatic heterocycles. The number of rotatable bonds is 1. The van der Waals surface area contributed by atoms with E-state index < -0.39 is 0 Å². The van der Waals surface area contributed by atoms with Crippen LogP contribution in [0.15, 0.2) is 0 Å². The van der Waals surface area contributed by atoms with Gasteiger partial charge in [0, 0.05) is 12.1 Å². The van der Waals surface area contributed by atoms with Gasteiger partial charge in [-0.2, -0.15) is 0 Å². The van der Waals surface area contributed by atoms with Crippen molar-refractivity contribution < 1.29 is 4.79 Å². The van der Waals surface area contributed by atoms with Gasteiger partial charge >= 0.3 is 0 Å². The van der Waals surface area contributed by atoms with Crippen molar-refractivity contribution in [3.63, 3.8) is 0 Å². The average Bonchev–Trinajstić information content (AvgIpc) is 2.02. The van der Waals surface area contributed by atoms with Crippen LogP contribution in [-0.4, -0.2) is 24.5 Å². The molecule has 82 valence electrons. The molecule has 14 heavy (non-hydrogen) atoms. The van der Waals surface area contributed by atoms with Crippen LogP contribution in [0.5, 0.6) is 0 Å². The molecule has 2 N–H and O–H groups in total. The highest BCUT2D eigenvalue weighted by Crippen LogP contribution is 2.26. The van der Waals surface area contributed by atoms with Crippen LogP contribution < -0.4 is 10.6 Å². The van der Waals surface area contributed by atoms with Crippen molar-refractivity contribution in [1.29, 1.82) is 0 Å². The maximum Gasteiger partial charge on any atom is 0.227 e. The predicted molar refractivity (Wildman–Crippen MR) is 58.1 cm³/mol. The second-order valence-corrected chi connectivity index (χ2v) is 5.55. The highest BCUT2D eigenvalue weighted by Gasteiger charge is 2.35. The van der Waals surface area contributed by atoms with E-state index in [0.29, 0.717) is 0 Å². The van der Waals surface area contributed by atoms with Crippen molar-refractivity contribution >= 4 is 5.91 Å². The van der Waals surface area contributed by atoms with Crippen LogP contribution in [0.3, 0.4) is 0 Å². The monoisotopic (exact) mass is 198 g/mol. The Hall–Kier alpha value is -0.570. The lowest BCUT2D eigenvalue weighted by molar-refractivity contribution is -0.132. The van der Waals surface area contributed by atoms with Gasteiger partial charge in [-0.25, -0.2) is 0 Å². The van der Waals surface area contributed by atoms with Crippen LogP contribution in [0.4, 0.5) is 0 Å². The number of carbonyl (C=O) groups excluding carboxylic acids is 1. The zero-order valence-corrected chi connectivity index (χ0v) is 9.74. The van der Waals surface area contributed by atoms with Gasteiger partial charge in [0.15, 0.2) is 0 Å². The van der Waals surface area contributed by atoms with Gasteiger partial charge in [0.25, 0.3) is 0 Å². The summed E-state index contributed by atoms with van der Waals surface area (Å²) in [5.74, 6) is 0.178. The van der Waals surface area contributed by atoms with E-state index in [1.807, 2.05) is 27.7 Å². The van der Waals surface area contributed by atoms with Crippen LogP contribution in [0.2, 0.25) is 0 Å². The molecule has 0 aromatic rings. The Labute approximate surface area is 86.6 Å². The minimum absolute atomic E-state index is 0.127. The summed E-state index contributed by atoms with van der Waals surface area (Å²) in [5, 5.41) is 6.33. The van der Waals surface area contributed by atoms with E-state index >= 15 is 0 Å². The first-order chi connectivity index (χ1) is 6.33. The van der Waals surface area contributed by atoms with Gasteiger partial charge in [-0.15, -0.1) is 0 Å². The molecule has 1 unspecified atom stereocenters. The van der Waals surface area contributed by atoms with E-state index in [-0.39, 0.29) is 16.9 Å². The minimum atomic E-state index is -0.217. The summed E-state index contributed by atoms with van der Waals surface area (Å²) in [4.78, 5) is 12.0. The summed E-state index contributed by atoms with van der Waals surface area (Å²) in [6.07, 6.45) is 2.08. The molecular weight excluding hydrogens is 176 g/mol. The summed E-state index contributed by atoms with van der Waals surface area (Å²) >= 11 is 0. The number of hydrogen-bond acceptors (Lipinski definition) is 2. The molecule has 0 aliphatic carbocycles. The summed E-state index contributed by atoms with van der Waals surface area (Å²) in [5.41, 5.74) is -0.344. The van der Waals surface area contributed by atoms with Crippen molar-refractivity contribution in [2.75, 3.05) is 13.1 Å². The second-order valence-electron chi connectivity index (χ2n) is 5.55. The van der Waals surface area contributed by atoms with E-state index in [0.717, 1.165) is 25.9 Å². The predicted octanol–water partition coefficient (Wildman–Crippen LogP) is 1.29. The standard InChI is InChI=1S/C11H22N2O/c1-10(2,3)13-9(14)11(4)6-5-7-12-8-11/h12H,5-8H2,1-4H3,(H,13,14). The molecule has 1 amide bonds. The Morgan fingerprint density at radius 1 is 1.43 bits per heavy atom. The van der Waals surface area contributed by atoms with Crippen LogP contribution >= 0.6 is 0 Å². The largest absolute Gasteiger partial charge is 0.351 e. The van der Waals surface area contributed by atoms with Crippen molar-refractivity contribution in [3.05, 3.63) is 0 Å². The van der Waals surface area contributed by atoms with Gasteiger partial charge in [-0.3, -0.25) is 4.79 Å². The highest BCUT2D eigenvalue weighted by molar-refractivity contribution is 5.83. The lowest BCUT2D eigenvalue weighted by Gasteiger charge is -2.35. The van der Waals surface area contributed by atoms with Crippen LogP contribution in [0.25, 0.3) is 0 Å². The molecule has 0 bridgehead atoms. The summed E-state index contributed by atoms with van der Waals surface area (Å²) in [7, 11) is 0. The number of amides is 1. The average molecular weight is 198 g/mol. The fraction of sp³-hybridized carbons (Fsp3) is 0.909. The molecule has 0 aromatic carbocycles. The highest BCUT2D eigenvalue weighted by atomic mass is 16.2. The molecular formula is C11H22N2O. The van der Waals surface area contributed by atoms with Crippen LogP contribution in [-0.2, 0) is 4.79 Å².